The van der Waals surface area contributed by atoms with Crippen molar-refractivity contribution in [3.8, 4) is 0 Å². The van der Waals surface area contributed by atoms with E-state index >= 15 is 0 Å². The van der Waals surface area contributed by atoms with Crippen molar-refractivity contribution in [2.24, 2.45) is 5.92 Å². The summed E-state index contributed by atoms with van der Waals surface area (Å²) in [6.07, 6.45) is 15.4. The molecule has 34 heavy (non-hydrogen) atoms. The molecule has 1 aromatic carbocycles. The Labute approximate surface area is 205 Å². The third-order valence-electron chi connectivity index (χ3n) is 6.61. The van der Waals surface area contributed by atoms with Gasteiger partial charge in [-0.15, -0.1) is 6.58 Å². The SMILES string of the molecule is C=C(C)CCc1ccc2c(c1)C=C[C@@H]2C/C=C\C1=C(C)CC=C(C2C=CC(C(F)(F)F)=CC2)S1. The summed E-state index contributed by atoms with van der Waals surface area (Å²) in [7, 11) is 0. The van der Waals surface area contributed by atoms with Crippen molar-refractivity contribution in [3.05, 3.63) is 111 Å². The summed E-state index contributed by atoms with van der Waals surface area (Å²) >= 11 is 1.70. The average molecular weight is 481 g/mol. The molecule has 1 unspecified atom stereocenters. The van der Waals surface area contributed by atoms with Crippen molar-refractivity contribution in [1.29, 1.82) is 0 Å². The van der Waals surface area contributed by atoms with Gasteiger partial charge in [-0.25, -0.2) is 0 Å². The van der Waals surface area contributed by atoms with Gasteiger partial charge in [0.15, 0.2) is 0 Å². The Kier molecular flexibility index (Phi) is 7.57. The highest BCUT2D eigenvalue weighted by molar-refractivity contribution is 8.07. The highest BCUT2D eigenvalue weighted by atomic mass is 32.2. The van der Waals surface area contributed by atoms with Crippen LogP contribution in [0.5, 0.6) is 0 Å². The zero-order valence-corrected chi connectivity index (χ0v) is 20.6. The number of fused-ring (bicyclic) bond motifs is 1. The molecule has 2 atom stereocenters. The summed E-state index contributed by atoms with van der Waals surface area (Å²) in [5.74, 6) is 0.412. The molecule has 3 aliphatic rings. The Morgan fingerprint density at radius 2 is 2.00 bits per heavy atom. The minimum absolute atomic E-state index is 0.0244. The number of alkyl halides is 3. The number of halogens is 3. The Morgan fingerprint density at radius 3 is 2.71 bits per heavy atom. The molecule has 1 aliphatic heterocycles. The summed E-state index contributed by atoms with van der Waals surface area (Å²) in [6.45, 7) is 8.20. The van der Waals surface area contributed by atoms with Crippen molar-refractivity contribution in [2.45, 2.75) is 58.0 Å². The summed E-state index contributed by atoms with van der Waals surface area (Å²) < 4.78 is 38.7. The molecule has 1 aromatic rings. The lowest BCUT2D eigenvalue weighted by Crippen LogP contribution is -2.14. The van der Waals surface area contributed by atoms with Gasteiger partial charge in [0.05, 0.1) is 5.57 Å². The van der Waals surface area contributed by atoms with Gasteiger partial charge in [0, 0.05) is 16.7 Å². The zero-order valence-electron chi connectivity index (χ0n) is 19.8. The predicted octanol–water partition coefficient (Wildman–Crippen LogP) is 9.61. The van der Waals surface area contributed by atoms with E-state index < -0.39 is 11.7 Å². The van der Waals surface area contributed by atoms with Crippen LogP contribution < -0.4 is 0 Å². The van der Waals surface area contributed by atoms with E-state index in [4.69, 9.17) is 0 Å². The second-order valence-corrected chi connectivity index (χ2v) is 10.6. The first-order chi connectivity index (χ1) is 16.2. The van der Waals surface area contributed by atoms with Gasteiger partial charge in [0.2, 0.25) is 0 Å². The summed E-state index contributed by atoms with van der Waals surface area (Å²) in [5.41, 5.74) is 6.04. The number of hydrogen-bond acceptors (Lipinski definition) is 1. The molecule has 0 aromatic heterocycles. The lowest BCUT2D eigenvalue weighted by molar-refractivity contribution is -0.0886. The Morgan fingerprint density at radius 1 is 1.18 bits per heavy atom. The van der Waals surface area contributed by atoms with E-state index in [-0.39, 0.29) is 5.92 Å². The number of allylic oxidation sites excluding steroid dienone is 11. The molecule has 0 radical (unpaired) electrons. The van der Waals surface area contributed by atoms with Crippen molar-refractivity contribution in [3.63, 3.8) is 0 Å². The molecule has 0 amide bonds. The van der Waals surface area contributed by atoms with Crippen LogP contribution in [-0.4, -0.2) is 6.18 Å². The van der Waals surface area contributed by atoms with Crippen LogP contribution >= 0.6 is 11.8 Å². The number of benzene rings is 1. The minimum atomic E-state index is -4.26. The van der Waals surface area contributed by atoms with Crippen LogP contribution in [0.3, 0.4) is 0 Å². The first-order valence-electron chi connectivity index (χ1n) is 11.9. The molecule has 0 spiro atoms. The molecule has 0 bridgehead atoms. The standard InChI is InChI=1S/C30H31F3S/c1-20(2)7-9-22-10-17-27-23(11-12-25(27)19-22)5-4-6-28-21(3)8-18-29(34-28)24-13-15-26(16-14-24)30(31,32)33/h4,6,10-13,15-19,23-24H,1,5,7-9,14H2,2-3H3/b6-4-/t23-,24?/m0/s1. The average Bonchev–Trinajstić information content (AvgIpc) is 3.20. The van der Waals surface area contributed by atoms with Crippen LogP contribution in [-0.2, 0) is 6.42 Å². The number of aryl methyl sites for hydroxylation is 1. The summed E-state index contributed by atoms with van der Waals surface area (Å²) in [6, 6.07) is 6.80. The third kappa shape index (κ3) is 5.96. The molecule has 0 saturated carbocycles. The molecule has 0 nitrogen and oxygen atoms in total. The van der Waals surface area contributed by atoms with Gasteiger partial charge in [-0.05, 0) is 67.5 Å². The van der Waals surface area contributed by atoms with Gasteiger partial charge in [0.25, 0.3) is 0 Å². The van der Waals surface area contributed by atoms with Crippen LogP contribution in [0.2, 0.25) is 0 Å². The van der Waals surface area contributed by atoms with E-state index in [1.54, 1.807) is 17.8 Å². The van der Waals surface area contributed by atoms with Crippen molar-refractivity contribution >= 4 is 17.8 Å². The molecule has 2 aliphatic carbocycles. The Hall–Kier alpha value is -2.46. The van der Waals surface area contributed by atoms with E-state index in [1.807, 2.05) is 0 Å². The van der Waals surface area contributed by atoms with Crippen LogP contribution in [0.15, 0.2) is 93.8 Å². The molecule has 4 heteroatoms. The van der Waals surface area contributed by atoms with Gasteiger partial charge in [-0.3, -0.25) is 0 Å². The maximum atomic E-state index is 12.9. The normalized spacial score (nSPS) is 22.3. The fraction of sp³-hybridized carbons (Fsp3) is 0.333. The van der Waals surface area contributed by atoms with E-state index in [0.29, 0.717) is 12.3 Å². The minimum Gasteiger partial charge on any atom is -0.166 e. The third-order valence-corrected chi connectivity index (χ3v) is 8.02. The highest BCUT2D eigenvalue weighted by Crippen LogP contribution is 2.43. The van der Waals surface area contributed by atoms with Crippen LogP contribution in [0.25, 0.3) is 6.08 Å². The van der Waals surface area contributed by atoms with E-state index in [1.165, 1.54) is 44.9 Å². The fourth-order valence-corrected chi connectivity index (χ4v) is 5.69. The topological polar surface area (TPSA) is 0 Å². The molecule has 4 rings (SSSR count). The second-order valence-electron chi connectivity index (χ2n) is 9.44. The van der Waals surface area contributed by atoms with Gasteiger partial charge in [0.1, 0.15) is 0 Å². The predicted molar refractivity (Wildman–Crippen MR) is 139 cm³/mol. The molecule has 0 saturated heterocycles. The number of thioether (sulfide) groups is 1. The van der Waals surface area contributed by atoms with Crippen LogP contribution in [0.4, 0.5) is 13.2 Å². The van der Waals surface area contributed by atoms with E-state index in [0.717, 1.165) is 30.6 Å². The summed E-state index contributed by atoms with van der Waals surface area (Å²) in [4.78, 5) is 2.36. The first kappa shape index (κ1) is 24.7. The molecular formula is C30H31F3S. The maximum Gasteiger partial charge on any atom is 0.416 e. The maximum absolute atomic E-state index is 12.9. The van der Waals surface area contributed by atoms with Gasteiger partial charge >= 0.3 is 6.18 Å². The molecule has 178 valence electrons. The monoisotopic (exact) mass is 480 g/mol. The quantitative estimate of drug-likeness (QED) is 0.350. The van der Waals surface area contributed by atoms with E-state index in [9.17, 15) is 13.2 Å². The van der Waals surface area contributed by atoms with Crippen molar-refractivity contribution < 1.29 is 13.2 Å². The lowest BCUT2D eigenvalue weighted by atomic mass is 9.94. The molecular weight excluding hydrogens is 449 g/mol. The molecule has 0 fully saturated rings. The fourth-order valence-electron chi connectivity index (χ4n) is 4.53. The summed E-state index contributed by atoms with van der Waals surface area (Å²) in [5, 5.41) is 0. The van der Waals surface area contributed by atoms with Gasteiger partial charge in [-0.2, -0.15) is 13.2 Å². The zero-order chi connectivity index (χ0) is 24.3. The van der Waals surface area contributed by atoms with E-state index in [2.05, 4.69) is 69.0 Å². The molecule has 0 N–H and O–H groups in total. The lowest BCUT2D eigenvalue weighted by Gasteiger charge is -2.24. The smallest absolute Gasteiger partial charge is 0.166 e. The largest absolute Gasteiger partial charge is 0.416 e. The van der Waals surface area contributed by atoms with Crippen LogP contribution in [0.1, 0.15) is 62.1 Å². The number of hydrogen-bond donors (Lipinski definition) is 0. The molecule has 1 heterocycles. The Balaban J connectivity index is 1.34. The van der Waals surface area contributed by atoms with Crippen LogP contribution in [0, 0.1) is 5.92 Å². The number of rotatable bonds is 7. The highest BCUT2D eigenvalue weighted by Gasteiger charge is 2.33. The first-order valence-corrected chi connectivity index (χ1v) is 12.7. The Bertz CT molecular complexity index is 1140. The van der Waals surface area contributed by atoms with Crippen molar-refractivity contribution in [2.75, 3.05) is 0 Å². The van der Waals surface area contributed by atoms with Gasteiger partial charge < -0.3 is 0 Å². The van der Waals surface area contributed by atoms with Crippen molar-refractivity contribution in [1.82, 2.24) is 0 Å². The van der Waals surface area contributed by atoms with Gasteiger partial charge in [-0.1, -0.05) is 89.7 Å². The second kappa shape index (κ2) is 10.4.